The number of nitrogens with one attached hydrogen (secondary N) is 1. The van der Waals surface area contributed by atoms with Crippen molar-refractivity contribution in [2.24, 2.45) is 7.05 Å². The number of hydrogen-bond acceptors (Lipinski definition) is 4. The summed E-state index contributed by atoms with van der Waals surface area (Å²) >= 11 is 1.46. The van der Waals surface area contributed by atoms with Crippen LogP contribution in [0.3, 0.4) is 0 Å². The number of amides is 1. The Hall–Kier alpha value is -1.50. The fourth-order valence-corrected chi connectivity index (χ4v) is 2.56. The second-order valence-corrected chi connectivity index (χ2v) is 5.04. The lowest BCUT2D eigenvalue weighted by molar-refractivity contribution is -0.140. The molecule has 0 aliphatic rings. The zero-order chi connectivity index (χ0) is 13.7. The first kappa shape index (κ1) is 14.6. The summed E-state index contributed by atoms with van der Waals surface area (Å²) in [6.45, 7) is 3.22. The van der Waals surface area contributed by atoms with Crippen molar-refractivity contribution in [1.82, 2.24) is 15.1 Å². The highest BCUT2D eigenvalue weighted by molar-refractivity contribution is 7.98. The first-order chi connectivity index (χ1) is 8.40. The van der Waals surface area contributed by atoms with E-state index < -0.39 is 12.0 Å². The normalized spacial score (nSPS) is 12.2. The van der Waals surface area contributed by atoms with Gasteiger partial charge < -0.3 is 10.4 Å². The summed E-state index contributed by atoms with van der Waals surface area (Å²) in [5, 5.41) is 15.5. The van der Waals surface area contributed by atoms with E-state index in [4.69, 9.17) is 5.11 Å². The lowest BCUT2D eigenvalue weighted by atomic mass is 10.3. The van der Waals surface area contributed by atoms with Crippen LogP contribution in [0.4, 0.5) is 0 Å². The van der Waals surface area contributed by atoms with E-state index >= 15 is 0 Å². The summed E-state index contributed by atoms with van der Waals surface area (Å²) < 4.78 is 1.77. The van der Waals surface area contributed by atoms with Gasteiger partial charge in [-0.3, -0.25) is 9.48 Å². The number of rotatable bonds is 6. The molecule has 1 aromatic rings. The van der Waals surface area contributed by atoms with Crippen molar-refractivity contribution in [3.8, 4) is 0 Å². The molecule has 0 bridgehead atoms. The van der Waals surface area contributed by atoms with Crippen molar-refractivity contribution < 1.29 is 14.7 Å². The molecule has 0 saturated heterocycles. The van der Waals surface area contributed by atoms with Crippen LogP contribution in [0.2, 0.25) is 0 Å². The fourth-order valence-electron chi connectivity index (χ4n) is 1.50. The van der Waals surface area contributed by atoms with E-state index in [0.29, 0.717) is 11.5 Å². The van der Waals surface area contributed by atoms with E-state index in [1.54, 1.807) is 4.68 Å². The number of thioether (sulfide) groups is 1. The number of carboxylic acid groups (broad SMARTS) is 1. The highest BCUT2D eigenvalue weighted by Crippen LogP contribution is 2.13. The summed E-state index contributed by atoms with van der Waals surface area (Å²) in [7, 11) is 1.85. The van der Waals surface area contributed by atoms with Gasteiger partial charge in [0.05, 0.1) is 5.69 Å². The van der Waals surface area contributed by atoms with E-state index in [9.17, 15) is 9.59 Å². The topological polar surface area (TPSA) is 84.2 Å². The maximum atomic E-state index is 10.9. The van der Waals surface area contributed by atoms with Gasteiger partial charge in [-0.25, -0.2) is 4.79 Å². The van der Waals surface area contributed by atoms with Crippen LogP contribution in [-0.2, 0) is 22.4 Å². The fraction of sp³-hybridized carbons (Fsp3) is 0.545. The first-order valence-electron chi connectivity index (χ1n) is 5.47. The van der Waals surface area contributed by atoms with Gasteiger partial charge in [0.2, 0.25) is 5.91 Å². The van der Waals surface area contributed by atoms with Crippen LogP contribution in [0.5, 0.6) is 0 Å². The number of aliphatic carboxylic acids is 1. The van der Waals surface area contributed by atoms with Gasteiger partial charge in [0.1, 0.15) is 6.04 Å². The molecule has 0 aliphatic carbocycles. The summed E-state index contributed by atoms with van der Waals surface area (Å²) in [5.41, 5.74) is 1.97. The van der Waals surface area contributed by atoms with Crippen LogP contribution in [-0.4, -0.2) is 38.6 Å². The standard InChI is InChI=1S/C11H17N3O3S/c1-7-4-9(14(3)13-7)5-18-6-10(11(16)17)12-8(2)15/h4,10H,5-6H2,1-3H3,(H,12,15)(H,16,17). The zero-order valence-corrected chi connectivity index (χ0v) is 11.5. The van der Waals surface area contributed by atoms with Crippen LogP contribution < -0.4 is 5.32 Å². The third-order valence-corrected chi connectivity index (χ3v) is 3.38. The molecule has 0 radical (unpaired) electrons. The van der Waals surface area contributed by atoms with Gasteiger partial charge in [0, 0.05) is 31.2 Å². The lowest BCUT2D eigenvalue weighted by Crippen LogP contribution is -2.41. The molecule has 0 fully saturated rings. The molecule has 1 heterocycles. The lowest BCUT2D eigenvalue weighted by Gasteiger charge is -2.12. The Balaban J connectivity index is 2.46. The van der Waals surface area contributed by atoms with Crippen molar-refractivity contribution in [2.45, 2.75) is 25.6 Å². The molecule has 1 unspecified atom stereocenters. The molecule has 100 valence electrons. The Morgan fingerprint density at radius 2 is 2.28 bits per heavy atom. The van der Waals surface area contributed by atoms with Gasteiger partial charge in [-0.1, -0.05) is 0 Å². The van der Waals surface area contributed by atoms with Gasteiger partial charge in [-0.2, -0.15) is 16.9 Å². The van der Waals surface area contributed by atoms with Crippen molar-refractivity contribution >= 4 is 23.6 Å². The molecule has 0 spiro atoms. The summed E-state index contributed by atoms with van der Waals surface area (Å²) in [4.78, 5) is 21.8. The van der Waals surface area contributed by atoms with E-state index in [0.717, 1.165) is 11.4 Å². The average Bonchev–Trinajstić information content (AvgIpc) is 2.55. The van der Waals surface area contributed by atoms with Crippen LogP contribution in [0.25, 0.3) is 0 Å². The SMILES string of the molecule is CC(=O)NC(CSCc1cc(C)nn1C)C(=O)O. The van der Waals surface area contributed by atoms with E-state index in [-0.39, 0.29) is 5.91 Å². The minimum absolute atomic E-state index is 0.332. The molecule has 1 amide bonds. The van der Waals surface area contributed by atoms with Crippen LogP contribution in [0, 0.1) is 6.92 Å². The minimum Gasteiger partial charge on any atom is -0.480 e. The van der Waals surface area contributed by atoms with Crippen LogP contribution in [0.15, 0.2) is 6.07 Å². The van der Waals surface area contributed by atoms with Crippen molar-refractivity contribution in [3.05, 3.63) is 17.5 Å². The first-order valence-corrected chi connectivity index (χ1v) is 6.62. The molecular formula is C11H17N3O3S. The van der Waals surface area contributed by atoms with Gasteiger partial charge in [0.25, 0.3) is 0 Å². The molecule has 0 aliphatic heterocycles. The molecule has 1 atom stereocenters. The molecule has 0 aromatic carbocycles. The Morgan fingerprint density at radius 1 is 1.61 bits per heavy atom. The van der Waals surface area contributed by atoms with Gasteiger partial charge >= 0.3 is 5.97 Å². The molecular weight excluding hydrogens is 254 g/mol. The summed E-state index contributed by atoms with van der Waals surface area (Å²) in [5.74, 6) is -0.349. The van der Waals surface area contributed by atoms with Gasteiger partial charge in [-0.05, 0) is 13.0 Å². The van der Waals surface area contributed by atoms with Gasteiger partial charge in [0.15, 0.2) is 0 Å². The highest BCUT2D eigenvalue weighted by atomic mass is 32.2. The maximum absolute atomic E-state index is 10.9. The number of nitrogens with zero attached hydrogens (tertiary/aromatic N) is 2. The monoisotopic (exact) mass is 271 g/mol. The molecule has 1 rings (SSSR count). The van der Waals surface area contributed by atoms with E-state index in [1.807, 2.05) is 20.0 Å². The number of carbonyl (C=O) groups is 2. The summed E-state index contributed by atoms with van der Waals surface area (Å²) in [6, 6.07) is 1.11. The van der Waals surface area contributed by atoms with Crippen molar-refractivity contribution in [3.63, 3.8) is 0 Å². The summed E-state index contributed by atoms with van der Waals surface area (Å²) in [6.07, 6.45) is 0. The molecule has 2 N–H and O–H groups in total. The minimum atomic E-state index is -1.01. The van der Waals surface area contributed by atoms with Crippen molar-refractivity contribution in [2.75, 3.05) is 5.75 Å². The molecule has 7 heteroatoms. The Bertz CT molecular complexity index is 445. The third-order valence-electron chi connectivity index (χ3n) is 2.31. The number of carboxylic acids is 1. The van der Waals surface area contributed by atoms with Gasteiger partial charge in [-0.15, -0.1) is 0 Å². The maximum Gasteiger partial charge on any atom is 0.327 e. The Labute approximate surface area is 110 Å². The van der Waals surface area contributed by atoms with Crippen LogP contribution >= 0.6 is 11.8 Å². The quantitative estimate of drug-likeness (QED) is 0.789. The largest absolute Gasteiger partial charge is 0.480 e. The van der Waals surface area contributed by atoms with Crippen LogP contribution in [0.1, 0.15) is 18.3 Å². The zero-order valence-electron chi connectivity index (χ0n) is 10.6. The number of hydrogen-bond donors (Lipinski definition) is 2. The number of aromatic nitrogens is 2. The van der Waals surface area contributed by atoms with E-state index in [1.165, 1.54) is 18.7 Å². The Morgan fingerprint density at radius 3 is 2.72 bits per heavy atom. The third kappa shape index (κ3) is 4.40. The molecule has 0 saturated carbocycles. The second kappa shape index (κ2) is 6.44. The molecule has 18 heavy (non-hydrogen) atoms. The number of carbonyl (C=O) groups excluding carboxylic acids is 1. The van der Waals surface area contributed by atoms with E-state index in [2.05, 4.69) is 10.4 Å². The molecule has 1 aromatic heterocycles. The van der Waals surface area contributed by atoms with Crippen molar-refractivity contribution in [1.29, 1.82) is 0 Å². The average molecular weight is 271 g/mol. The molecule has 6 nitrogen and oxygen atoms in total. The predicted molar refractivity (Wildman–Crippen MR) is 69.3 cm³/mol. The predicted octanol–water partition coefficient (Wildman–Crippen LogP) is 0.551. The highest BCUT2D eigenvalue weighted by Gasteiger charge is 2.18. The Kier molecular flexibility index (Phi) is 5.21. The smallest absolute Gasteiger partial charge is 0.327 e. The number of aryl methyl sites for hydroxylation is 2. The second-order valence-electron chi connectivity index (χ2n) is 4.01.